The fourth-order valence-electron chi connectivity index (χ4n) is 3.49. The van der Waals surface area contributed by atoms with Gasteiger partial charge in [-0.05, 0) is 32.0 Å². The zero-order valence-electron chi connectivity index (χ0n) is 17.0. The lowest BCUT2D eigenvalue weighted by molar-refractivity contribution is 0.295. The fourth-order valence-corrected chi connectivity index (χ4v) is 3.49. The predicted octanol–water partition coefficient (Wildman–Crippen LogP) is 7.45. The summed E-state index contributed by atoms with van der Waals surface area (Å²) in [5, 5.41) is 0. The molecule has 1 heteroatoms. The van der Waals surface area contributed by atoms with Gasteiger partial charge in [0.05, 0.1) is 0 Å². The highest BCUT2D eigenvalue weighted by atomic mass is 15.1. The van der Waals surface area contributed by atoms with Crippen LogP contribution in [0.25, 0.3) is 0 Å². The van der Waals surface area contributed by atoms with Crippen LogP contribution in [0, 0.1) is 5.92 Å². The van der Waals surface area contributed by atoms with E-state index < -0.39 is 0 Å². The molecule has 0 fully saturated rings. The Morgan fingerprint density at radius 3 is 1.48 bits per heavy atom. The quantitative estimate of drug-likeness (QED) is 0.237. The van der Waals surface area contributed by atoms with E-state index in [1.54, 1.807) is 0 Å². The van der Waals surface area contributed by atoms with Crippen LogP contribution < -0.4 is 0 Å². The molecule has 0 N–H and O–H groups in total. The van der Waals surface area contributed by atoms with E-state index in [0.29, 0.717) is 0 Å². The molecular weight excluding hydrogens is 278 g/mol. The Labute approximate surface area is 148 Å². The molecule has 0 aliphatic carbocycles. The first-order chi connectivity index (χ1) is 11.2. The molecule has 140 valence electrons. The van der Waals surface area contributed by atoms with Crippen LogP contribution >= 0.6 is 0 Å². The Bertz CT molecular complexity index is 210. The number of hydrogen-bond acceptors (Lipinski definition) is 1. The van der Waals surface area contributed by atoms with E-state index in [2.05, 4.69) is 32.6 Å². The fraction of sp³-hybridized carbons (Fsp3) is 1.00. The van der Waals surface area contributed by atoms with E-state index in [1.165, 1.54) is 110 Å². The summed E-state index contributed by atoms with van der Waals surface area (Å²) >= 11 is 0. The normalized spacial score (nSPS) is 12.9. The first-order valence-corrected chi connectivity index (χ1v) is 11.0. The summed E-state index contributed by atoms with van der Waals surface area (Å²) < 4.78 is 0. The van der Waals surface area contributed by atoms with Crippen molar-refractivity contribution in [2.24, 2.45) is 5.92 Å². The van der Waals surface area contributed by atoms with Crippen molar-refractivity contribution in [3.63, 3.8) is 0 Å². The summed E-state index contributed by atoms with van der Waals surface area (Å²) in [6.07, 6.45) is 20.3. The molecule has 0 aliphatic rings. The minimum Gasteiger partial charge on any atom is -0.304 e. The van der Waals surface area contributed by atoms with Gasteiger partial charge in [0.15, 0.2) is 0 Å². The van der Waals surface area contributed by atoms with Crippen molar-refractivity contribution < 1.29 is 0 Å². The van der Waals surface area contributed by atoms with Crippen molar-refractivity contribution in [3.8, 4) is 0 Å². The van der Waals surface area contributed by atoms with Crippen molar-refractivity contribution in [1.29, 1.82) is 0 Å². The molecule has 0 saturated heterocycles. The molecule has 1 nitrogen and oxygen atoms in total. The van der Waals surface area contributed by atoms with E-state index in [1.807, 2.05) is 0 Å². The van der Waals surface area contributed by atoms with Crippen molar-refractivity contribution in [1.82, 2.24) is 4.90 Å². The van der Waals surface area contributed by atoms with Gasteiger partial charge in [0.1, 0.15) is 0 Å². The maximum atomic E-state index is 2.55. The zero-order valence-corrected chi connectivity index (χ0v) is 17.0. The highest BCUT2D eigenvalue weighted by molar-refractivity contribution is 4.56. The third-order valence-corrected chi connectivity index (χ3v) is 5.37. The van der Waals surface area contributed by atoms with E-state index in [9.17, 15) is 0 Å². The van der Waals surface area contributed by atoms with Crippen LogP contribution in [0.15, 0.2) is 0 Å². The van der Waals surface area contributed by atoms with Crippen LogP contribution in [0.2, 0.25) is 0 Å². The summed E-state index contributed by atoms with van der Waals surface area (Å²) in [6.45, 7) is 13.1. The summed E-state index contributed by atoms with van der Waals surface area (Å²) in [4.78, 5) is 2.55. The van der Waals surface area contributed by atoms with Gasteiger partial charge in [-0.15, -0.1) is 0 Å². The van der Waals surface area contributed by atoms with Crippen LogP contribution in [-0.2, 0) is 0 Å². The lowest BCUT2D eigenvalue weighted by Crippen LogP contribution is -2.23. The van der Waals surface area contributed by atoms with Crippen LogP contribution in [0.3, 0.4) is 0 Å². The first-order valence-electron chi connectivity index (χ1n) is 11.0. The summed E-state index contributed by atoms with van der Waals surface area (Å²) in [5.74, 6) is 0.964. The van der Waals surface area contributed by atoms with Gasteiger partial charge >= 0.3 is 0 Å². The lowest BCUT2D eigenvalue weighted by atomic mass is 9.96. The maximum Gasteiger partial charge on any atom is -0.00190 e. The van der Waals surface area contributed by atoms with Gasteiger partial charge in [0.2, 0.25) is 0 Å². The van der Waals surface area contributed by atoms with Crippen molar-refractivity contribution in [3.05, 3.63) is 0 Å². The number of hydrogen-bond donors (Lipinski definition) is 0. The molecule has 0 radical (unpaired) electrons. The van der Waals surface area contributed by atoms with Crippen LogP contribution in [-0.4, -0.2) is 24.5 Å². The Balaban J connectivity index is 3.20. The predicted molar refractivity (Wildman–Crippen MR) is 107 cm³/mol. The Kier molecular flexibility index (Phi) is 18.3. The minimum absolute atomic E-state index is 0.964. The van der Waals surface area contributed by atoms with Crippen molar-refractivity contribution in [2.45, 2.75) is 118 Å². The van der Waals surface area contributed by atoms with E-state index >= 15 is 0 Å². The van der Waals surface area contributed by atoms with Crippen molar-refractivity contribution >= 4 is 0 Å². The topological polar surface area (TPSA) is 3.24 Å². The molecule has 0 aromatic heterocycles. The molecule has 0 aromatic carbocycles. The van der Waals surface area contributed by atoms with E-state index in [0.717, 1.165) is 5.92 Å². The van der Waals surface area contributed by atoms with Gasteiger partial charge in [0.25, 0.3) is 0 Å². The average Bonchev–Trinajstić information content (AvgIpc) is 2.56. The first kappa shape index (κ1) is 23.0. The van der Waals surface area contributed by atoms with Gasteiger partial charge in [-0.25, -0.2) is 0 Å². The molecule has 0 saturated carbocycles. The molecule has 0 aromatic rings. The summed E-state index contributed by atoms with van der Waals surface area (Å²) in [7, 11) is 0. The molecule has 1 atom stereocenters. The number of nitrogens with zero attached hydrogens (tertiary/aromatic N) is 1. The Hall–Kier alpha value is -0.0400. The molecule has 0 heterocycles. The Morgan fingerprint density at radius 1 is 0.565 bits per heavy atom. The molecule has 0 aliphatic heterocycles. The molecule has 0 rings (SSSR count). The van der Waals surface area contributed by atoms with Gasteiger partial charge in [-0.3, -0.25) is 0 Å². The second-order valence-electron chi connectivity index (χ2n) is 7.60. The van der Waals surface area contributed by atoms with Gasteiger partial charge in [-0.2, -0.15) is 0 Å². The number of unbranched alkanes of at least 4 members (excludes halogenated alkanes) is 10. The van der Waals surface area contributed by atoms with Gasteiger partial charge in [-0.1, -0.05) is 111 Å². The van der Waals surface area contributed by atoms with E-state index in [4.69, 9.17) is 0 Å². The monoisotopic (exact) mass is 325 g/mol. The number of rotatable bonds is 18. The second-order valence-corrected chi connectivity index (χ2v) is 7.60. The van der Waals surface area contributed by atoms with Crippen LogP contribution in [0.5, 0.6) is 0 Å². The lowest BCUT2D eigenvalue weighted by Gasteiger charge is -2.17. The Morgan fingerprint density at radius 2 is 1.00 bits per heavy atom. The average molecular weight is 326 g/mol. The molecule has 23 heavy (non-hydrogen) atoms. The third kappa shape index (κ3) is 16.6. The molecule has 0 spiro atoms. The maximum absolute atomic E-state index is 2.55. The second kappa shape index (κ2) is 18.3. The molecular formula is C22H47N. The smallest absolute Gasteiger partial charge is 0.00190 e. The van der Waals surface area contributed by atoms with Crippen LogP contribution in [0.4, 0.5) is 0 Å². The van der Waals surface area contributed by atoms with E-state index in [-0.39, 0.29) is 0 Å². The summed E-state index contributed by atoms with van der Waals surface area (Å²) in [6, 6.07) is 0. The van der Waals surface area contributed by atoms with Crippen molar-refractivity contribution in [2.75, 3.05) is 19.6 Å². The van der Waals surface area contributed by atoms with Gasteiger partial charge < -0.3 is 4.90 Å². The molecule has 0 bridgehead atoms. The highest BCUT2D eigenvalue weighted by Gasteiger charge is 2.02. The van der Waals surface area contributed by atoms with Crippen LogP contribution in [0.1, 0.15) is 118 Å². The molecule has 0 amide bonds. The largest absolute Gasteiger partial charge is 0.304 e. The molecule has 1 unspecified atom stereocenters. The highest BCUT2D eigenvalue weighted by Crippen LogP contribution is 2.18. The summed E-state index contributed by atoms with van der Waals surface area (Å²) in [5.41, 5.74) is 0. The third-order valence-electron chi connectivity index (χ3n) is 5.37. The zero-order chi connectivity index (χ0) is 17.2. The SMILES string of the molecule is CCCCCCCC(C)CCCCCCCCCN(CC)CC. The standard InChI is InChI=1S/C22H47N/c1-5-8-9-13-16-19-22(4)20-17-14-11-10-12-15-18-21-23(6-2)7-3/h22H,5-21H2,1-4H3. The minimum atomic E-state index is 0.964. The van der Waals surface area contributed by atoms with Gasteiger partial charge in [0, 0.05) is 0 Å².